The van der Waals surface area contributed by atoms with Crippen LogP contribution in [-0.2, 0) is 66.4 Å². The maximum Gasteiger partial charge on any atom is 0.243 e. The molecule has 8 atom stereocenters. The van der Waals surface area contributed by atoms with E-state index in [0.717, 1.165) is 11.4 Å². The number of aliphatic imine (C=N–C) groups is 2. The topological polar surface area (TPSA) is 378 Å². The van der Waals surface area contributed by atoms with Gasteiger partial charge < -0.3 is 53.2 Å². The minimum Gasteiger partial charge on any atom is -0.377 e. The zero-order chi connectivity index (χ0) is 69.6. The number of nitrogens with one attached hydrogen (secondary N) is 4. The molecule has 96 heavy (non-hydrogen) atoms. The number of carbonyl (C=O) groups excluding carboxylic acids is 7. The highest BCUT2D eigenvalue weighted by molar-refractivity contribution is 7.90. The van der Waals surface area contributed by atoms with Gasteiger partial charge >= 0.3 is 0 Å². The van der Waals surface area contributed by atoms with Crippen LogP contribution < -0.4 is 52.8 Å². The first-order chi connectivity index (χ1) is 45.7. The van der Waals surface area contributed by atoms with E-state index in [1.807, 2.05) is 50.1 Å². The van der Waals surface area contributed by atoms with Crippen molar-refractivity contribution in [2.24, 2.45) is 32.9 Å². The van der Waals surface area contributed by atoms with Crippen LogP contribution in [0.2, 0.25) is 0 Å². The summed E-state index contributed by atoms with van der Waals surface area (Å²) in [7, 11) is -1.55. The molecule has 2 saturated heterocycles. The second-order valence-corrected chi connectivity index (χ2v) is 28.3. The molecule has 0 aliphatic carbocycles. The van der Waals surface area contributed by atoms with E-state index in [0.29, 0.717) is 45.5 Å². The number of ketones is 3. The molecule has 0 saturated carbocycles. The van der Waals surface area contributed by atoms with Gasteiger partial charge in [0, 0.05) is 87.3 Å². The van der Waals surface area contributed by atoms with E-state index >= 15 is 0 Å². The van der Waals surface area contributed by atoms with Crippen LogP contribution in [0, 0.1) is 0 Å². The predicted octanol–water partition coefficient (Wildman–Crippen LogP) is 3.59. The van der Waals surface area contributed by atoms with Crippen molar-refractivity contribution in [3.63, 3.8) is 0 Å². The Hall–Kier alpha value is -8.73. The molecule has 0 aromatic heterocycles. The smallest absolute Gasteiger partial charge is 0.243 e. The lowest BCUT2D eigenvalue weighted by atomic mass is 9.95. The molecule has 512 valence electrons. The zero-order valence-corrected chi connectivity index (χ0v) is 56.9. The molecule has 0 bridgehead atoms. The minimum absolute atomic E-state index is 0.0279. The van der Waals surface area contributed by atoms with Gasteiger partial charge in [0.05, 0.1) is 21.9 Å². The fourth-order valence-corrected chi connectivity index (χ4v) is 15.7. The molecular weight excluding hydrogens is 1310 g/mol. The number of sulfonamides is 2. The van der Waals surface area contributed by atoms with Crippen LogP contribution in [0.1, 0.15) is 62.5 Å². The maximum atomic E-state index is 14.9. The first-order valence-corrected chi connectivity index (χ1v) is 35.2. The molecule has 2 fully saturated rings. The Morgan fingerprint density at radius 3 is 1.20 bits per heavy atom. The van der Waals surface area contributed by atoms with Gasteiger partial charge in [0.2, 0.25) is 43.7 Å². The maximum absolute atomic E-state index is 14.9. The number of Topliss-reactive ketones (excluding diaryl/α,β-unsaturated/α-hetero) is 3. The fraction of sp³-hybridized carbons (Fsp3) is 0.388. The third kappa shape index (κ3) is 18.0. The summed E-state index contributed by atoms with van der Waals surface area (Å²) in [5.41, 5.74) is 25.1. The second kappa shape index (κ2) is 32.8. The van der Waals surface area contributed by atoms with Crippen LogP contribution in [0.5, 0.6) is 0 Å². The first-order valence-electron chi connectivity index (χ1n) is 31.4. The van der Waals surface area contributed by atoms with Gasteiger partial charge in [-0.2, -0.15) is 9.44 Å². The number of benzene rings is 6. The molecule has 25 nitrogen and oxygen atoms in total. The van der Waals surface area contributed by atoms with E-state index in [1.165, 1.54) is 21.9 Å². The Morgan fingerprint density at radius 1 is 0.490 bits per heavy atom. The number of guanidine groups is 2. The van der Waals surface area contributed by atoms with E-state index in [9.17, 15) is 50.4 Å². The van der Waals surface area contributed by atoms with Crippen LogP contribution in [0.25, 0.3) is 21.5 Å². The van der Waals surface area contributed by atoms with Crippen LogP contribution in [0.15, 0.2) is 153 Å². The monoisotopic (exact) mass is 1390 g/mol. The van der Waals surface area contributed by atoms with Crippen LogP contribution >= 0.6 is 23.2 Å². The number of alkyl halides is 2. The Kier molecular flexibility index (Phi) is 25.0. The van der Waals surface area contributed by atoms with Crippen molar-refractivity contribution in [3.8, 4) is 0 Å². The minimum atomic E-state index is -4.44. The van der Waals surface area contributed by atoms with Gasteiger partial charge in [-0.05, 0) is 99.6 Å². The molecule has 2 unspecified atom stereocenters. The number of likely N-dealkylation sites (tertiary alicyclic amines) is 2. The summed E-state index contributed by atoms with van der Waals surface area (Å²) in [6, 6.07) is 29.2. The number of halogens is 2. The average Bonchev–Trinajstić information content (AvgIpc) is 1.12. The SMILES string of the molecule is CN(C)c1cccc2c(S(=O)(=O)N[C@@H](Cc3ccccc3)C(=O)N3CCC[C@H]3C(=O)N[C@@H](CCCN=C(N)N)C(=O)C(Cl)C(=O)C(Cl)C(=O)[C@H](CCCN=C(N)N)NC(=O)[C@@H]3CCCN3C(=O)[C@H](Cc3ccccc3)NS(=O)(=O)c3cccc4c(N(C)C)cccc34)cccc12. The number of nitrogens with two attached hydrogens (primary N) is 4. The number of hydrogen-bond acceptors (Lipinski definition) is 15. The molecule has 2 heterocycles. The van der Waals surface area contributed by atoms with Gasteiger partial charge in [-0.1, -0.05) is 109 Å². The number of anilines is 2. The highest BCUT2D eigenvalue weighted by Gasteiger charge is 2.45. The van der Waals surface area contributed by atoms with E-state index in [1.54, 1.807) is 109 Å². The molecule has 8 rings (SSSR count). The summed E-state index contributed by atoms with van der Waals surface area (Å²) in [4.78, 5) is 117. The van der Waals surface area contributed by atoms with Crippen molar-refractivity contribution in [2.75, 3.05) is 64.2 Å². The van der Waals surface area contributed by atoms with Crippen molar-refractivity contribution >= 4 is 129 Å². The average molecular weight is 1390 g/mol. The molecule has 0 radical (unpaired) electrons. The first kappa shape index (κ1) is 73.1. The van der Waals surface area contributed by atoms with Crippen LogP contribution in [-0.4, -0.2) is 181 Å². The molecule has 4 amide bonds. The highest BCUT2D eigenvalue weighted by Crippen LogP contribution is 2.33. The summed E-state index contributed by atoms with van der Waals surface area (Å²) >= 11 is 13.5. The van der Waals surface area contributed by atoms with Gasteiger partial charge in [-0.3, -0.25) is 43.5 Å². The fourth-order valence-electron chi connectivity index (χ4n) is 12.2. The molecule has 29 heteroatoms. The Bertz CT molecular complexity index is 3860. The van der Waals surface area contributed by atoms with E-state index in [-0.39, 0.29) is 99.3 Å². The predicted molar refractivity (Wildman–Crippen MR) is 373 cm³/mol. The molecule has 2 aliphatic heterocycles. The number of nitrogens with zero attached hydrogens (tertiary/aromatic N) is 6. The lowest BCUT2D eigenvalue weighted by Crippen LogP contribution is -2.57. The van der Waals surface area contributed by atoms with Crippen molar-refractivity contribution in [3.05, 3.63) is 145 Å². The Balaban J connectivity index is 1.00. The summed E-state index contributed by atoms with van der Waals surface area (Å²) in [5.74, 6) is -7.15. The normalized spacial score (nSPS) is 16.7. The third-order valence-corrected chi connectivity index (χ3v) is 20.8. The summed E-state index contributed by atoms with van der Waals surface area (Å²) in [6.45, 7) is -0.0283. The lowest BCUT2D eigenvalue weighted by molar-refractivity contribution is -0.140. The van der Waals surface area contributed by atoms with Crippen LogP contribution in [0.4, 0.5) is 11.4 Å². The zero-order valence-electron chi connectivity index (χ0n) is 53.8. The van der Waals surface area contributed by atoms with Crippen molar-refractivity contribution in [1.29, 1.82) is 0 Å². The summed E-state index contributed by atoms with van der Waals surface area (Å²) < 4.78 is 63.4. The van der Waals surface area contributed by atoms with Gasteiger partial charge in [0.15, 0.2) is 40.0 Å². The third-order valence-electron chi connectivity index (χ3n) is 16.9. The Labute approximate surface area is 568 Å². The molecular formula is C67H82Cl2N14O11S2. The summed E-state index contributed by atoms with van der Waals surface area (Å²) in [6.07, 6.45) is 0.234. The number of fused-ring (bicyclic) bond motifs is 2. The quantitative estimate of drug-likeness (QED) is 0.00983. The van der Waals surface area contributed by atoms with E-state index in [2.05, 4.69) is 30.1 Å². The number of amides is 4. The van der Waals surface area contributed by atoms with Gasteiger partial charge in [0.1, 0.15) is 24.2 Å². The lowest BCUT2D eigenvalue weighted by Gasteiger charge is -2.30. The number of rotatable bonds is 32. The number of carbonyl (C=O) groups is 7. The van der Waals surface area contributed by atoms with E-state index < -0.39 is 108 Å². The molecule has 2 aliphatic rings. The Morgan fingerprint density at radius 2 is 0.844 bits per heavy atom. The largest absolute Gasteiger partial charge is 0.377 e. The van der Waals surface area contributed by atoms with Gasteiger partial charge in [0.25, 0.3) is 0 Å². The van der Waals surface area contributed by atoms with Crippen molar-refractivity contribution in [1.82, 2.24) is 29.9 Å². The number of hydrogen-bond donors (Lipinski definition) is 8. The van der Waals surface area contributed by atoms with Gasteiger partial charge in [-0.15, -0.1) is 23.2 Å². The van der Waals surface area contributed by atoms with E-state index in [4.69, 9.17) is 46.1 Å². The van der Waals surface area contributed by atoms with Crippen molar-refractivity contribution in [2.45, 2.75) is 121 Å². The molecule has 12 N–H and O–H groups in total. The molecule has 6 aromatic rings. The highest BCUT2D eigenvalue weighted by atomic mass is 35.5. The standard InChI is InChI=1S/C67H82Cl2N14O11S2/c1-80(2)51-29-11-25-45-43(51)23-13-33-55(45)95(91,92)78-49(39-41-19-7-5-8-20-41)64(89)82-37-17-31-53(82)62(87)76-47(27-15-35-74-66(70)71)59(84)57(68)61(86)58(69)60(85)48(28-16-36-75-67(72)73)77-63(88)54-32-18-38-83(54)65(90)50(40-42-21-9-6-10-22-42)79-96(93,94)56-34-14-24-44-46(56)26-12-30-52(44)81(3)4/h5-14,19-26,29-30,33-34,47-50,53-54,57-58,78-79H,15-18,27-28,31-32,35-40H2,1-4H3,(H,76,87)(H,77,88)(H4,70,71,74)(H4,72,73,75)/t47-,48-,49-,50-,53-,54-,57?,58?/m0/s1. The second-order valence-electron chi connectivity index (χ2n) is 24.1. The summed E-state index contributed by atoms with van der Waals surface area (Å²) in [5, 5.41) is 3.07. The van der Waals surface area contributed by atoms with Crippen molar-refractivity contribution < 1.29 is 50.4 Å². The van der Waals surface area contributed by atoms with Gasteiger partial charge in [-0.25, -0.2) is 16.8 Å². The van der Waals surface area contributed by atoms with Crippen LogP contribution in [0.3, 0.4) is 0 Å². The molecule has 0 spiro atoms. The molecule has 6 aromatic carbocycles.